The molecule has 4 aliphatic carbocycles. The fourth-order valence-electron chi connectivity index (χ4n) is 8.98. The van der Waals surface area contributed by atoms with Crippen molar-refractivity contribution in [2.24, 2.45) is 34.5 Å². The average molecular weight is 416 g/mol. The lowest BCUT2D eigenvalue weighted by molar-refractivity contribution is -0.174. The Labute approximate surface area is 182 Å². The van der Waals surface area contributed by atoms with Crippen molar-refractivity contribution in [1.82, 2.24) is 4.90 Å². The van der Waals surface area contributed by atoms with E-state index in [1.807, 2.05) is 0 Å². The Hall–Kier alpha value is -0.900. The van der Waals surface area contributed by atoms with Gasteiger partial charge < -0.3 is 4.74 Å². The van der Waals surface area contributed by atoms with E-state index in [-0.39, 0.29) is 17.5 Å². The minimum Gasteiger partial charge on any atom is -0.461 e. The number of ketones is 1. The highest BCUT2D eigenvalue weighted by Gasteiger charge is 2.61. The van der Waals surface area contributed by atoms with Gasteiger partial charge in [0.05, 0.1) is 0 Å². The third kappa shape index (κ3) is 3.19. The number of hydrogen-bond acceptors (Lipinski definition) is 4. The highest BCUT2D eigenvalue weighted by Crippen LogP contribution is 2.65. The van der Waals surface area contributed by atoms with Gasteiger partial charge in [-0.05, 0) is 100.0 Å². The molecule has 1 heterocycles. The summed E-state index contributed by atoms with van der Waals surface area (Å²) in [5.74, 6) is 3.17. The van der Waals surface area contributed by atoms with E-state index in [4.69, 9.17) is 4.74 Å². The second-order valence-corrected chi connectivity index (χ2v) is 11.8. The predicted molar refractivity (Wildman–Crippen MR) is 117 cm³/mol. The van der Waals surface area contributed by atoms with Crippen LogP contribution in [-0.4, -0.2) is 41.9 Å². The second-order valence-electron chi connectivity index (χ2n) is 11.8. The lowest BCUT2D eigenvalue weighted by Gasteiger charge is -2.62. The maximum absolute atomic E-state index is 12.7. The maximum atomic E-state index is 12.7. The van der Waals surface area contributed by atoms with Crippen molar-refractivity contribution >= 4 is 11.8 Å². The topological polar surface area (TPSA) is 46.6 Å². The molecule has 0 amide bonds. The van der Waals surface area contributed by atoms with E-state index in [1.165, 1.54) is 44.9 Å². The summed E-state index contributed by atoms with van der Waals surface area (Å²) < 4.78 is 5.96. The third-order valence-corrected chi connectivity index (χ3v) is 10.5. The molecule has 0 aromatic carbocycles. The monoisotopic (exact) mass is 415 g/mol. The maximum Gasteiger partial charge on any atom is 0.302 e. The predicted octanol–water partition coefficient (Wildman–Crippen LogP) is 4.99. The molecular weight excluding hydrogens is 374 g/mol. The summed E-state index contributed by atoms with van der Waals surface area (Å²) in [6.07, 6.45) is 13.0. The minimum absolute atomic E-state index is 0.0361. The van der Waals surface area contributed by atoms with Gasteiger partial charge in [-0.2, -0.15) is 0 Å². The SMILES string of the molecule is CC(=O)O[C@H]1C[C@@H]2CC[C@@H]3[C@H](CC[C@]4(C)C(=O)CC[C@@H]34)[C@@]2(C)C[C@@H]1N1CCCCC1. The van der Waals surface area contributed by atoms with Gasteiger partial charge in [0.15, 0.2) is 0 Å². The zero-order valence-electron chi connectivity index (χ0n) is 19.3. The molecule has 4 saturated carbocycles. The molecule has 1 aliphatic heterocycles. The summed E-state index contributed by atoms with van der Waals surface area (Å²) in [5.41, 5.74) is 0.292. The summed E-state index contributed by atoms with van der Waals surface area (Å²) in [4.78, 5) is 27.3. The van der Waals surface area contributed by atoms with Crippen LogP contribution in [0.25, 0.3) is 0 Å². The van der Waals surface area contributed by atoms with Crippen molar-refractivity contribution in [3.8, 4) is 0 Å². The smallest absolute Gasteiger partial charge is 0.302 e. The molecule has 0 bridgehead atoms. The minimum atomic E-state index is -0.114. The molecule has 4 nitrogen and oxygen atoms in total. The van der Waals surface area contributed by atoms with Gasteiger partial charge in [-0.15, -0.1) is 0 Å². The first kappa shape index (κ1) is 21.0. The highest BCUT2D eigenvalue weighted by molar-refractivity contribution is 5.87. The van der Waals surface area contributed by atoms with Crippen molar-refractivity contribution in [1.29, 1.82) is 0 Å². The quantitative estimate of drug-likeness (QED) is 0.596. The van der Waals surface area contributed by atoms with Crippen LogP contribution in [0.2, 0.25) is 0 Å². The number of carbonyl (C=O) groups is 2. The molecule has 30 heavy (non-hydrogen) atoms. The molecule has 5 aliphatic rings. The van der Waals surface area contributed by atoms with E-state index >= 15 is 0 Å². The Morgan fingerprint density at radius 3 is 2.53 bits per heavy atom. The van der Waals surface area contributed by atoms with E-state index < -0.39 is 0 Å². The molecule has 4 heteroatoms. The van der Waals surface area contributed by atoms with Crippen molar-refractivity contribution in [2.45, 2.75) is 104 Å². The average Bonchev–Trinajstić information content (AvgIpc) is 3.03. The molecular formula is C26H41NO3. The molecule has 0 N–H and O–H groups in total. The number of likely N-dealkylation sites (tertiary alicyclic amines) is 1. The molecule has 0 spiro atoms. The summed E-state index contributed by atoms with van der Waals surface area (Å²) in [6, 6.07) is 0.382. The number of fused-ring (bicyclic) bond motifs is 5. The highest BCUT2D eigenvalue weighted by atomic mass is 16.5. The molecule has 5 rings (SSSR count). The number of rotatable bonds is 2. The van der Waals surface area contributed by atoms with Crippen molar-refractivity contribution in [2.75, 3.05) is 13.1 Å². The summed E-state index contributed by atoms with van der Waals surface area (Å²) in [6.45, 7) is 8.76. The fraction of sp³-hybridized carbons (Fsp3) is 0.923. The van der Waals surface area contributed by atoms with Gasteiger partial charge in [-0.25, -0.2) is 0 Å². The molecule has 0 aromatic rings. The zero-order valence-corrected chi connectivity index (χ0v) is 19.3. The van der Waals surface area contributed by atoms with Crippen LogP contribution in [0.5, 0.6) is 0 Å². The Kier molecular flexibility index (Phi) is 5.31. The molecule has 0 radical (unpaired) electrons. The first-order valence-electron chi connectivity index (χ1n) is 12.8. The molecule has 5 fully saturated rings. The Morgan fingerprint density at radius 2 is 1.80 bits per heavy atom. The number of esters is 1. The van der Waals surface area contributed by atoms with Gasteiger partial charge in [0, 0.05) is 24.8 Å². The van der Waals surface area contributed by atoms with Gasteiger partial charge >= 0.3 is 5.97 Å². The number of ether oxygens (including phenoxy) is 1. The van der Waals surface area contributed by atoms with Crippen LogP contribution < -0.4 is 0 Å². The van der Waals surface area contributed by atoms with Crippen LogP contribution in [0.4, 0.5) is 0 Å². The molecule has 0 unspecified atom stereocenters. The van der Waals surface area contributed by atoms with Crippen LogP contribution in [0.15, 0.2) is 0 Å². The van der Waals surface area contributed by atoms with Gasteiger partial charge in [0.25, 0.3) is 0 Å². The fourth-order valence-corrected chi connectivity index (χ4v) is 8.98. The number of piperidine rings is 1. The Balaban J connectivity index is 1.42. The van der Waals surface area contributed by atoms with Crippen molar-refractivity contribution in [3.63, 3.8) is 0 Å². The Morgan fingerprint density at radius 1 is 1.03 bits per heavy atom. The van der Waals surface area contributed by atoms with Gasteiger partial charge in [-0.1, -0.05) is 20.3 Å². The third-order valence-electron chi connectivity index (χ3n) is 10.5. The van der Waals surface area contributed by atoms with Crippen molar-refractivity contribution < 1.29 is 14.3 Å². The zero-order chi connectivity index (χ0) is 21.1. The summed E-state index contributed by atoms with van der Waals surface area (Å²) in [5, 5.41) is 0. The summed E-state index contributed by atoms with van der Waals surface area (Å²) in [7, 11) is 0. The van der Waals surface area contributed by atoms with E-state index in [1.54, 1.807) is 6.92 Å². The Bertz CT molecular complexity index is 700. The largest absolute Gasteiger partial charge is 0.461 e. The van der Waals surface area contributed by atoms with Crippen LogP contribution >= 0.6 is 0 Å². The van der Waals surface area contributed by atoms with E-state index in [0.29, 0.717) is 29.1 Å². The molecule has 168 valence electrons. The van der Waals surface area contributed by atoms with Crippen molar-refractivity contribution in [3.05, 3.63) is 0 Å². The summed E-state index contributed by atoms with van der Waals surface area (Å²) >= 11 is 0. The lowest BCUT2D eigenvalue weighted by Crippen LogP contribution is -2.60. The second kappa shape index (κ2) is 7.60. The number of nitrogens with zero attached hydrogens (tertiary/aromatic N) is 1. The first-order valence-corrected chi connectivity index (χ1v) is 12.8. The van der Waals surface area contributed by atoms with E-state index in [9.17, 15) is 9.59 Å². The van der Waals surface area contributed by atoms with Crippen LogP contribution in [0, 0.1) is 34.5 Å². The lowest BCUT2D eigenvalue weighted by atomic mass is 9.44. The first-order chi connectivity index (χ1) is 14.3. The molecule has 1 saturated heterocycles. The van der Waals surface area contributed by atoms with Crippen LogP contribution in [-0.2, 0) is 14.3 Å². The standard InChI is InChI=1S/C26H41NO3/c1-17(28)30-23-15-18-7-8-19-20-9-10-24(29)25(20,2)12-11-21(19)26(18,3)16-22(23)27-13-5-4-6-14-27/h18-23H,4-16H2,1-3H3/t18-,19-,20-,21-,22-,23-,25-,26-/m0/s1. The number of Topliss-reactive ketones (excluding diaryl/α,β-unsaturated/α-hetero) is 1. The normalized spacial score (nSPS) is 49.1. The number of hydrogen-bond donors (Lipinski definition) is 0. The van der Waals surface area contributed by atoms with Crippen LogP contribution in [0.3, 0.4) is 0 Å². The van der Waals surface area contributed by atoms with E-state index in [2.05, 4.69) is 18.7 Å². The van der Waals surface area contributed by atoms with E-state index in [0.717, 1.165) is 50.6 Å². The van der Waals surface area contributed by atoms with Crippen LogP contribution in [0.1, 0.15) is 91.4 Å². The van der Waals surface area contributed by atoms with Gasteiger partial charge in [0.1, 0.15) is 11.9 Å². The van der Waals surface area contributed by atoms with Gasteiger partial charge in [0.2, 0.25) is 0 Å². The molecule has 8 atom stereocenters. The molecule has 0 aromatic heterocycles. The number of carbonyl (C=O) groups excluding carboxylic acids is 2. The van der Waals surface area contributed by atoms with Gasteiger partial charge in [-0.3, -0.25) is 14.5 Å².